The van der Waals surface area contributed by atoms with Crippen LogP contribution >= 0.6 is 0 Å². The lowest BCUT2D eigenvalue weighted by Crippen LogP contribution is -2.13. The first-order valence-corrected chi connectivity index (χ1v) is 5.59. The first kappa shape index (κ1) is 11.7. The molecule has 0 fully saturated rings. The lowest BCUT2D eigenvalue weighted by molar-refractivity contribution is 0.407. The van der Waals surface area contributed by atoms with Gasteiger partial charge in [-0.3, -0.25) is 0 Å². The molecule has 0 aliphatic heterocycles. The monoisotopic (exact) mass is 231 g/mol. The number of hydrogen-bond donors (Lipinski definition) is 1. The summed E-state index contributed by atoms with van der Waals surface area (Å²) in [5.41, 5.74) is 8.24. The Morgan fingerprint density at radius 1 is 1.18 bits per heavy atom. The zero-order chi connectivity index (χ0) is 12.4. The fourth-order valence-corrected chi connectivity index (χ4v) is 2.05. The third kappa shape index (κ3) is 2.19. The van der Waals surface area contributed by atoms with Gasteiger partial charge in [0.1, 0.15) is 17.3 Å². The largest absolute Gasteiger partial charge is 0.496 e. The SMILES string of the molecule is COc1ccccc1C(N)c1cc(C)oc1C. The molecule has 3 nitrogen and oxygen atoms in total. The lowest BCUT2D eigenvalue weighted by Gasteiger charge is -2.14. The van der Waals surface area contributed by atoms with Crippen molar-refractivity contribution in [3.05, 3.63) is 53.0 Å². The van der Waals surface area contributed by atoms with Gasteiger partial charge >= 0.3 is 0 Å². The summed E-state index contributed by atoms with van der Waals surface area (Å²) in [7, 11) is 1.65. The average Bonchev–Trinajstić information content (AvgIpc) is 2.67. The van der Waals surface area contributed by atoms with Crippen LogP contribution in [0.4, 0.5) is 0 Å². The van der Waals surface area contributed by atoms with Crippen LogP contribution in [0.3, 0.4) is 0 Å². The van der Waals surface area contributed by atoms with Crippen molar-refractivity contribution in [3.8, 4) is 5.75 Å². The molecular weight excluding hydrogens is 214 g/mol. The van der Waals surface area contributed by atoms with E-state index in [1.807, 2.05) is 44.2 Å². The summed E-state index contributed by atoms with van der Waals surface area (Å²) < 4.78 is 10.8. The number of hydrogen-bond acceptors (Lipinski definition) is 3. The van der Waals surface area contributed by atoms with Gasteiger partial charge in [-0.15, -0.1) is 0 Å². The number of para-hydroxylation sites is 1. The van der Waals surface area contributed by atoms with Crippen LogP contribution in [-0.4, -0.2) is 7.11 Å². The molecule has 0 saturated carbocycles. The van der Waals surface area contributed by atoms with Crippen molar-refractivity contribution >= 4 is 0 Å². The van der Waals surface area contributed by atoms with Crippen molar-refractivity contribution in [1.29, 1.82) is 0 Å². The second kappa shape index (κ2) is 4.63. The van der Waals surface area contributed by atoms with Gasteiger partial charge in [-0.2, -0.15) is 0 Å². The number of ether oxygens (including phenoxy) is 1. The van der Waals surface area contributed by atoms with E-state index < -0.39 is 0 Å². The normalized spacial score (nSPS) is 12.5. The van der Waals surface area contributed by atoms with Gasteiger partial charge in [0.15, 0.2) is 0 Å². The Bertz CT molecular complexity index is 517. The Kier molecular flexibility index (Phi) is 3.20. The highest BCUT2D eigenvalue weighted by Crippen LogP contribution is 2.30. The van der Waals surface area contributed by atoms with E-state index in [2.05, 4.69) is 0 Å². The molecular formula is C14H17NO2. The molecule has 1 atom stereocenters. The molecule has 2 rings (SSSR count). The van der Waals surface area contributed by atoms with Crippen LogP contribution < -0.4 is 10.5 Å². The number of rotatable bonds is 3. The van der Waals surface area contributed by atoms with Crippen LogP contribution in [0.25, 0.3) is 0 Å². The maximum absolute atomic E-state index is 6.27. The third-order valence-electron chi connectivity index (χ3n) is 2.89. The average molecular weight is 231 g/mol. The van der Waals surface area contributed by atoms with Gasteiger partial charge in [0.2, 0.25) is 0 Å². The van der Waals surface area contributed by atoms with Crippen molar-refractivity contribution in [3.63, 3.8) is 0 Å². The zero-order valence-electron chi connectivity index (χ0n) is 10.4. The lowest BCUT2D eigenvalue weighted by atomic mass is 9.99. The molecule has 90 valence electrons. The van der Waals surface area contributed by atoms with Gasteiger partial charge in [0.05, 0.1) is 13.2 Å². The van der Waals surface area contributed by atoms with Crippen LogP contribution in [0.2, 0.25) is 0 Å². The third-order valence-corrected chi connectivity index (χ3v) is 2.89. The smallest absolute Gasteiger partial charge is 0.123 e. The van der Waals surface area contributed by atoms with Crippen molar-refractivity contribution in [2.45, 2.75) is 19.9 Å². The Balaban J connectivity index is 2.43. The van der Waals surface area contributed by atoms with E-state index in [4.69, 9.17) is 14.9 Å². The van der Waals surface area contributed by atoms with Gasteiger partial charge < -0.3 is 14.9 Å². The molecule has 0 bridgehead atoms. The number of aryl methyl sites for hydroxylation is 2. The van der Waals surface area contributed by atoms with Crippen molar-refractivity contribution in [1.82, 2.24) is 0 Å². The fraction of sp³-hybridized carbons (Fsp3) is 0.286. The predicted octanol–water partition coefficient (Wildman–Crippen LogP) is 2.95. The molecule has 1 heterocycles. The van der Waals surface area contributed by atoms with Crippen LogP contribution in [0, 0.1) is 13.8 Å². The van der Waals surface area contributed by atoms with Crippen LogP contribution in [0.5, 0.6) is 5.75 Å². The molecule has 1 aromatic carbocycles. The summed E-state index contributed by atoms with van der Waals surface area (Å²) in [6, 6.07) is 9.54. The number of methoxy groups -OCH3 is 1. The Morgan fingerprint density at radius 3 is 2.47 bits per heavy atom. The quantitative estimate of drug-likeness (QED) is 0.883. The summed E-state index contributed by atoms with van der Waals surface area (Å²) in [5, 5.41) is 0. The van der Waals surface area contributed by atoms with Crippen molar-refractivity contribution < 1.29 is 9.15 Å². The standard InChI is InChI=1S/C14H17NO2/c1-9-8-12(10(2)17-9)14(15)11-6-4-5-7-13(11)16-3/h4-8,14H,15H2,1-3H3. The fourth-order valence-electron chi connectivity index (χ4n) is 2.05. The minimum Gasteiger partial charge on any atom is -0.496 e. The summed E-state index contributed by atoms with van der Waals surface area (Å²) in [5.74, 6) is 2.54. The Morgan fingerprint density at radius 2 is 1.88 bits per heavy atom. The minimum absolute atomic E-state index is 0.219. The molecule has 2 aromatic rings. The van der Waals surface area contributed by atoms with Gasteiger partial charge in [0.25, 0.3) is 0 Å². The molecule has 0 radical (unpaired) electrons. The van der Waals surface area contributed by atoms with E-state index in [1.165, 1.54) is 0 Å². The summed E-state index contributed by atoms with van der Waals surface area (Å²) >= 11 is 0. The summed E-state index contributed by atoms with van der Waals surface area (Å²) in [6.07, 6.45) is 0. The molecule has 0 aliphatic rings. The Hall–Kier alpha value is -1.74. The van der Waals surface area contributed by atoms with E-state index in [0.29, 0.717) is 0 Å². The molecule has 2 N–H and O–H groups in total. The molecule has 1 aromatic heterocycles. The first-order chi connectivity index (χ1) is 8.13. The maximum atomic E-state index is 6.27. The van der Waals surface area contributed by atoms with E-state index in [1.54, 1.807) is 7.11 Å². The highest BCUT2D eigenvalue weighted by molar-refractivity contribution is 5.42. The molecule has 1 unspecified atom stereocenters. The van der Waals surface area contributed by atoms with E-state index in [9.17, 15) is 0 Å². The summed E-state index contributed by atoms with van der Waals surface area (Å²) in [6.45, 7) is 3.85. The molecule has 0 spiro atoms. The van der Waals surface area contributed by atoms with Crippen LogP contribution in [0.1, 0.15) is 28.7 Å². The molecule has 0 saturated heterocycles. The topological polar surface area (TPSA) is 48.4 Å². The van der Waals surface area contributed by atoms with Crippen LogP contribution in [-0.2, 0) is 0 Å². The van der Waals surface area contributed by atoms with Crippen LogP contribution in [0.15, 0.2) is 34.7 Å². The van der Waals surface area contributed by atoms with E-state index in [-0.39, 0.29) is 6.04 Å². The van der Waals surface area contributed by atoms with E-state index in [0.717, 1.165) is 28.4 Å². The number of furan rings is 1. The maximum Gasteiger partial charge on any atom is 0.123 e. The van der Waals surface area contributed by atoms with Gasteiger partial charge in [0, 0.05) is 11.1 Å². The van der Waals surface area contributed by atoms with Gasteiger partial charge in [-0.25, -0.2) is 0 Å². The molecule has 0 amide bonds. The van der Waals surface area contributed by atoms with E-state index >= 15 is 0 Å². The zero-order valence-corrected chi connectivity index (χ0v) is 10.4. The second-order valence-electron chi connectivity index (χ2n) is 4.09. The summed E-state index contributed by atoms with van der Waals surface area (Å²) in [4.78, 5) is 0. The highest BCUT2D eigenvalue weighted by atomic mass is 16.5. The first-order valence-electron chi connectivity index (χ1n) is 5.59. The highest BCUT2D eigenvalue weighted by Gasteiger charge is 2.18. The molecule has 0 aliphatic carbocycles. The van der Waals surface area contributed by atoms with Crippen molar-refractivity contribution in [2.75, 3.05) is 7.11 Å². The number of nitrogens with two attached hydrogens (primary N) is 1. The minimum atomic E-state index is -0.219. The van der Waals surface area contributed by atoms with Crippen molar-refractivity contribution in [2.24, 2.45) is 5.73 Å². The molecule has 3 heteroatoms. The predicted molar refractivity (Wildman–Crippen MR) is 67.2 cm³/mol. The number of benzene rings is 1. The second-order valence-corrected chi connectivity index (χ2v) is 4.09. The van der Waals surface area contributed by atoms with Gasteiger partial charge in [-0.1, -0.05) is 18.2 Å². The Labute approximate surface area is 101 Å². The molecule has 17 heavy (non-hydrogen) atoms. The van der Waals surface area contributed by atoms with Gasteiger partial charge in [-0.05, 0) is 26.0 Å².